The summed E-state index contributed by atoms with van der Waals surface area (Å²) in [6.07, 6.45) is 5.83. The maximum atomic E-state index is 9.69. The predicted molar refractivity (Wildman–Crippen MR) is 418 cm³/mol. The van der Waals surface area contributed by atoms with Gasteiger partial charge in [0.1, 0.15) is 17.3 Å². The third kappa shape index (κ3) is 10.1. The summed E-state index contributed by atoms with van der Waals surface area (Å²) in [6.45, 7) is 6.70. The van der Waals surface area contributed by atoms with Crippen molar-refractivity contribution < 1.29 is 16.2 Å². The zero-order valence-electron chi connectivity index (χ0n) is 61.0. The molecule has 101 heavy (non-hydrogen) atoms. The summed E-state index contributed by atoms with van der Waals surface area (Å²) in [6, 6.07) is 117. The van der Waals surface area contributed by atoms with Crippen LogP contribution >= 0.6 is 0 Å². The molecular weight excluding hydrogens is 1240 g/mol. The van der Waals surface area contributed by atoms with Crippen LogP contribution in [0.4, 0.5) is 0 Å². The quantitative estimate of drug-likeness (QED) is 0.0499. The number of hydrogen-bond acceptors (Lipinski definition) is 2. The van der Waals surface area contributed by atoms with Gasteiger partial charge in [0.15, 0.2) is 8.07 Å². The topological polar surface area (TPSA) is 35.9 Å². The van der Waals surface area contributed by atoms with Gasteiger partial charge in [0.25, 0.3) is 6.33 Å². The number of hydrogen-bond donors (Lipinski definition) is 0. The first-order valence-electron chi connectivity index (χ1n) is 36.9. The Balaban J connectivity index is 0.841. The number of fused-ring (bicyclic) bond motifs is 10. The maximum absolute atomic E-state index is 9.69. The van der Waals surface area contributed by atoms with E-state index < -0.39 is 31.6 Å². The lowest BCUT2D eigenvalue weighted by atomic mass is 9.64. The Bertz CT molecular complexity index is 6060. The van der Waals surface area contributed by atoms with Crippen LogP contribution in [-0.2, 0) is 10.8 Å². The number of nitrogens with zero attached hydrogens (tertiary/aromatic N) is 4. The van der Waals surface area contributed by atoms with Crippen LogP contribution in [-0.4, -0.2) is 22.2 Å². The van der Waals surface area contributed by atoms with Gasteiger partial charge in [-0.05, 0) is 153 Å². The highest BCUT2D eigenvalue weighted by Crippen LogP contribution is 2.51. The van der Waals surface area contributed by atoms with E-state index in [2.05, 4.69) is 344 Å². The first-order chi connectivity index (χ1) is 51.8. The van der Waals surface area contributed by atoms with Gasteiger partial charge in [0, 0.05) is 23.0 Å². The predicted octanol–water partition coefficient (Wildman–Crippen LogP) is 20.0. The summed E-state index contributed by atoms with van der Waals surface area (Å²) in [5.74, 6) is 2.02. The summed E-state index contributed by atoms with van der Waals surface area (Å²) in [5, 5.41) is 7.32. The minimum Gasteiger partial charge on any atom is -0.458 e. The fourth-order valence-corrected chi connectivity index (χ4v) is 20.8. The fourth-order valence-electron chi connectivity index (χ4n) is 16.0. The molecule has 0 unspecified atom stereocenters. The molecule has 14 aromatic carbocycles. The number of rotatable bonds is 13. The molecule has 0 radical (unpaired) electrons. The van der Waals surface area contributed by atoms with Gasteiger partial charge in [-0.15, -0.1) is 0 Å². The molecule has 0 saturated heterocycles. The second kappa shape index (κ2) is 24.8. The minimum atomic E-state index is -2.94. The molecule has 0 atom stereocenters. The lowest BCUT2D eigenvalue weighted by molar-refractivity contribution is -0.570. The van der Waals surface area contributed by atoms with Gasteiger partial charge >= 0.3 is 0 Å². The van der Waals surface area contributed by atoms with E-state index in [0.29, 0.717) is 22.7 Å². The number of benzene rings is 14. The lowest BCUT2D eigenvalue weighted by Crippen LogP contribution is -2.74. The van der Waals surface area contributed by atoms with Crippen LogP contribution in [0.1, 0.15) is 55.4 Å². The van der Waals surface area contributed by atoms with Crippen LogP contribution in [0.25, 0.3) is 94.5 Å². The molecule has 0 saturated carbocycles. The number of aromatic nitrogens is 4. The van der Waals surface area contributed by atoms with Crippen LogP contribution in [0.15, 0.2) is 370 Å². The third-order valence-electron chi connectivity index (χ3n) is 20.5. The van der Waals surface area contributed by atoms with E-state index in [9.17, 15) is 2.74 Å². The molecule has 4 heterocycles. The van der Waals surface area contributed by atoms with Crippen LogP contribution in [0.2, 0.25) is 0 Å². The second-order valence-electron chi connectivity index (χ2n) is 27.1. The smallest absolute Gasteiger partial charge is 0.269 e. The van der Waals surface area contributed by atoms with Crippen molar-refractivity contribution in [1.29, 1.82) is 0 Å². The molecule has 0 fully saturated rings. The highest BCUT2D eigenvalue weighted by molar-refractivity contribution is 7.20. The van der Waals surface area contributed by atoms with Crippen LogP contribution in [0.5, 0.6) is 11.5 Å². The van der Waals surface area contributed by atoms with E-state index in [-0.39, 0.29) is 23.1 Å². The van der Waals surface area contributed by atoms with Crippen LogP contribution in [0, 0.1) is 6.33 Å². The molecule has 0 spiro atoms. The molecule has 17 aromatic rings. The molecule has 480 valence electrons. The van der Waals surface area contributed by atoms with Crippen molar-refractivity contribution in [1.82, 2.24) is 14.1 Å². The first-order valence-corrected chi connectivity index (χ1v) is 36.4. The Labute approximate surface area is 597 Å². The standard InChI is InChI=1S/C95H70N4OSi/c1-94(2,3)70-58-59-96-91(61-70)99-88-57-54-78(101(75-40-19-8-20-41-75,76-42-21-9-22-43-76)77-44-23-10-24-45-77)64-87(88)83-56-53-74(63-90(83)99)100-73-39-27-38-72(62-73)97-65-98-92-79(66-30-11-4-12-31-66)48-28-49-85(92)86-60-71(52-55-82(86)80-46-25-26-47-81(80)84-50-29-51-89(97)93(84)98)95(67-32-13-5-14-33-67,68-34-15-6-16-35-68)69-36-17-7-18-37-69/h4-64H,1-3H3/i4D,11D,12D,30D,31D. The summed E-state index contributed by atoms with van der Waals surface area (Å²) in [7, 11) is -2.94. The Morgan fingerprint density at radius 3 is 1.56 bits per heavy atom. The van der Waals surface area contributed by atoms with E-state index in [1.54, 1.807) is 0 Å². The Hall–Kier alpha value is -12.5. The van der Waals surface area contributed by atoms with Crippen molar-refractivity contribution in [2.24, 2.45) is 0 Å². The van der Waals surface area contributed by atoms with Gasteiger partial charge in [-0.25, -0.2) is 4.98 Å². The second-order valence-corrected chi connectivity index (χ2v) is 31.0. The molecular formula is C95H70N4OSi. The zero-order valence-corrected chi connectivity index (χ0v) is 57.0. The Morgan fingerprint density at radius 2 is 0.931 bits per heavy atom. The van der Waals surface area contributed by atoms with Crippen molar-refractivity contribution in [3.8, 4) is 73.2 Å². The summed E-state index contributed by atoms with van der Waals surface area (Å²) >= 11 is 0. The lowest BCUT2D eigenvalue weighted by Gasteiger charge is -2.37. The molecule has 1 aliphatic heterocycles. The largest absolute Gasteiger partial charge is 0.458 e. The van der Waals surface area contributed by atoms with Gasteiger partial charge in [-0.3, -0.25) is 13.7 Å². The molecule has 0 amide bonds. The van der Waals surface area contributed by atoms with E-state index in [1.807, 2.05) is 36.5 Å². The Kier molecular flexibility index (Phi) is 13.6. The molecule has 18 rings (SSSR count). The van der Waals surface area contributed by atoms with Gasteiger partial charge in [-0.2, -0.15) is 0 Å². The van der Waals surface area contributed by atoms with Crippen molar-refractivity contribution in [3.05, 3.63) is 404 Å². The highest BCUT2D eigenvalue weighted by atomic mass is 28.3. The molecule has 0 bridgehead atoms. The maximum Gasteiger partial charge on any atom is 0.269 e. The minimum absolute atomic E-state index is 0.0786. The number of imidazole rings is 1. The normalized spacial score (nSPS) is 12.8. The summed E-state index contributed by atoms with van der Waals surface area (Å²) in [4.78, 5) is 5.14. The van der Waals surface area contributed by atoms with Crippen molar-refractivity contribution in [2.75, 3.05) is 0 Å². The summed E-state index contributed by atoms with van der Waals surface area (Å²) < 4.78 is 60.1. The van der Waals surface area contributed by atoms with Crippen molar-refractivity contribution >= 4 is 61.7 Å². The number of pyridine rings is 1. The van der Waals surface area contributed by atoms with Gasteiger partial charge in [-0.1, -0.05) is 324 Å². The van der Waals surface area contributed by atoms with E-state index in [0.717, 1.165) is 100.0 Å². The van der Waals surface area contributed by atoms with Crippen molar-refractivity contribution in [3.63, 3.8) is 0 Å². The molecule has 5 nitrogen and oxygen atoms in total. The monoisotopic (exact) mass is 1320 g/mol. The van der Waals surface area contributed by atoms with E-state index in [4.69, 9.17) is 13.8 Å². The fraction of sp³-hybridized carbons (Fsp3) is 0.0526. The number of ether oxygens (including phenoxy) is 1. The average molecular weight is 1320 g/mol. The molecule has 1 aliphatic rings. The average Bonchev–Trinajstić information content (AvgIpc) is 1.31. The molecule has 6 heteroatoms. The van der Waals surface area contributed by atoms with Gasteiger partial charge < -0.3 is 4.74 Å². The zero-order chi connectivity index (χ0) is 72.0. The molecule has 3 aromatic heterocycles. The highest BCUT2D eigenvalue weighted by Gasteiger charge is 2.43. The van der Waals surface area contributed by atoms with Gasteiger partial charge in [0.2, 0.25) is 0 Å². The number of para-hydroxylation sites is 2. The first kappa shape index (κ1) is 55.5. The van der Waals surface area contributed by atoms with Gasteiger partial charge in [0.05, 0.1) is 45.7 Å². The van der Waals surface area contributed by atoms with E-state index in [1.165, 1.54) is 26.3 Å². The molecule has 0 aliphatic carbocycles. The SMILES string of the molecule is [2H]c1c([2H])c([2H])c(-c2cccc3c2-[n+]2[c-]n(-c4cccc(Oc5ccc6c7cc([Si](c8ccccc8)(c8ccccc8)c8ccccc8)ccc7n(-c7cc(C(C)(C)C)ccn7)c6c5)c4)c4cccc(c42)-c2ccccc2-c2ccc(C(c4ccccc4)(c4ccccc4)c4ccccc4)cc2-3)c([2H])c1[2H]. The Morgan fingerprint density at radius 1 is 0.386 bits per heavy atom. The van der Waals surface area contributed by atoms with Crippen LogP contribution < -0.4 is 30.1 Å². The van der Waals surface area contributed by atoms with Crippen LogP contribution in [0.3, 0.4) is 0 Å². The van der Waals surface area contributed by atoms with E-state index >= 15 is 0 Å². The van der Waals surface area contributed by atoms with Crippen molar-refractivity contribution in [2.45, 2.75) is 31.6 Å². The molecule has 0 N–H and O–H groups in total. The summed E-state index contributed by atoms with van der Waals surface area (Å²) in [5.41, 5.74) is 15.4. The third-order valence-corrected chi connectivity index (χ3v) is 25.3.